The van der Waals surface area contributed by atoms with Crippen LogP contribution in [0, 0.1) is 13.8 Å². The van der Waals surface area contributed by atoms with E-state index in [4.69, 9.17) is 4.52 Å². The lowest BCUT2D eigenvalue weighted by molar-refractivity contribution is -0.129. The minimum absolute atomic E-state index is 0.131. The normalized spacial score (nSPS) is 19.3. The third kappa shape index (κ3) is 3.10. The quantitative estimate of drug-likeness (QED) is 0.913. The van der Waals surface area contributed by atoms with Crippen LogP contribution in [0.15, 0.2) is 10.9 Å². The van der Waals surface area contributed by atoms with Crippen molar-refractivity contribution in [2.45, 2.75) is 52.0 Å². The van der Waals surface area contributed by atoms with Crippen molar-refractivity contribution in [3.05, 3.63) is 34.6 Å². The van der Waals surface area contributed by atoms with Crippen molar-refractivity contribution < 1.29 is 9.32 Å². The second-order valence-electron chi connectivity index (χ2n) is 6.95. The Morgan fingerprint density at radius 1 is 1.36 bits per heavy atom. The van der Waals surface area contributed by atoms with Gasteiger partial charge in [0.1, 0.15) is 17.9 Å². The summed E-state index contributed by atoms with van der Waals surface area (Å²) in [5.41, 5.74) is 4.14. The number of aromatic nitrogens is 3. The van der Waals surface area contributed by atoms with Crippen molar-refractivity contribution in [2.75, 3.05) is 18.4 Å². The van der Waals surface area contributed by atoms with Crippen molar-refractivity contribution in [2.24, 2.45) is 0 Å². The van der Waals surface area contributed by atoms with Crippen LogP contribution in [-0.4, -0.2) is 45.1 Å². The summed E-state index contributed by atoms with van der Waals surface area (Å²) in [4.78, 5) is 23.3. The topological polar surface area (TPSA) is 84.2 Å². The minimum Gasteiger partial charge on any atom is -0.365 e. The van der Waals surface area contributed by atoms with Gasteiger partial charge in [-0.2, -0.15) is 0 Å². The van der Waals surface area contributed by atoms with E-state index in [0.29, 0.717) is 13.0 Å². The highest BCUT2D eigenvalue weighted by atomic mass is 16.5. The molecule has 25 heavy (non-hydrogen) atoms. The van der Waals surface area contributed by atoms with Gasteiger partial charge in [0.25, 0.3) is 0 Å². The van der Waals surface area contributed by atoms with Gasteiger partial charge in [-0.1, -0.05) is 5.16 Å². The summed E-state index contributed by atoms with van der Waals surface area (Å²) in [6, 6.07) is 0.244. The van der Waals surface area contributed by atoms with E-state index in [-0.39, 0.29) is 11.9 Å². The van der Waals surface area contributed by atoms with Gasteiger partial charge >= 0.3 is 0 Å². The number of amides is 1. The third-order valence-electron chi connectivity index (χ3n) is 5.27. The maximum absolute atomic E-state index is 12.6. The highest BCUT2D eigenvalue weighted by Gasteiger charge is 2.28. The van der Waals surface area contributed by atoms with Crippen LogP contribution < -0.4 is 5.32 Å². The summed E-state index contributed by atoms with van der Waals surface area (Å²) in [6.45, 7) is 5.21. The summed E-state index contributed by atoms with van der Waals surface area (Å²) < 4.78 is 5.15. The minimum atomic E-state index is 0.131. The lowest BCUT2D eigenvalue weighted by Crippen LogP contribution is -2.33. The Bertz CT molecular complexity index is 781. The second kappa shape index (κ2) is 6.46. The van der Waals surface area contributed by atoms with Crippen LogP contribution in [-0.2, 0) is 24.1 Å². The summed E-state index contributed by atoms with van der Waals surface area (Å²) >= 11 is 0. The fraction of sp³-hybridized carbons (Fsp3) is 0.556. The third-order valence-corrected chi connectivity index (χ3v) is 5.27. The van der Waals surface area contributed by atoms with Gasteiger partial charge in [-0.15, -0.1) is 0 Å². The molecule has 2 aliphatic rings. The van der Waals surface area contributed by atoms with Crippen LogP contribution in [0.3, 0.4) is 0 Å². The molecule has 7 nitrogen and oxygen atoms in total. The highest BCUT2D eigenvalue weighted by molar-refractivity contribution is 5.79. The van der Waals surface area contributed by atoms with Crippen molar-refractivity contribution in [3.8, 4) is 0 Å². The van der Waals surface area contributed by atoms with E-state index in [2.05, 4.69) is 20.4 Å². The van der Waals surface area contributed by atoms with Gasteiger partial charge in [-0.3, -0.25) is 4.79 Å². The number of carbonyl (C=O) groups is 1. The highest BCUT2D eigenvalue weighted by Crippen LogP contribution is 2.27. The van der Waals surface area contributed by atoms with Crippen LogP contribution in [0.4, 0.5) is 5.82 Å². The largest absolute Gasteiger partial charge is 0.365 e. The Balaban J connectivity index is 1.39. The zero-order chi connectivity index (χ0) is 17.4. The Morgan fingerprint density at radius 3 is 3.04 bits per heavy atom. The molecule has 0 spiro atoms. The predicted octanol–water partition coefficient (Wildman–Crippen LogP) is 1.83. The monoisotopic (exact) mass is 341 g/mol. The van der Waals surface area contributed by atoms with Crippen molar-refractivity contribution in [1.29, 1.82) is 0 Å². The number of rotatable bonds is 4. The van der Waals surface area contributed by atoms with Crippen LogP contribution >= 0.6 is 0 Å². The SMILES string of the molecule is Cc1noc(C)c1CC(=O)N1CC[C@@H](Nc2ncnc3c2CCC3)C1. The molecule has 2 aromatic rings. The first kappa shape index (κ1) is 16.1. The molecule has 0 unspecified atom stereocenters. The van der Waals surface area contributed by atoms with E-state index in [9.17, 15) is 4.79 Å². The number of carbonyl (C=O) groups excluding carboxylic acids is 1. The number of nitrogens with zero attached hydrogens (tertiary/aromatic N) is 4. The molecule has 1 aliphatic carbocycles. The Labute approximate surface area is 146 Å². The number of nitrogens with one attached hydrogen (secondary N) is 1. The van der Waals surface area contributed by atoms with Crippen LogP contribution in [0.2, 0.25) is 0 Å². The Hall–Kier alpha value is -2.44. The maximum atomic E-state index is 12.6. The molecule has 3 heterocycles. The van der Waals surface area contributed by atoms with Gasteiger partial charge in [-0.25, -0.2) is 9.97 Å². The van der Waals surface area contributed by atoms with Gasteiger partial charge in [-0.05, 0) is 39.5 Å². The molecular formula is C18H23N5O2. The standard InChI is InChI=1S/C18H23N5O2/c1-11-15(12(2)25-22-11)8-17(24)23-7-6-13(9-23)21-18-14-4-3-5-16(14)19-10-20-18/h10,13H,3-9H2,1-2H3,(H,19,20,21)/t13-/m1/s1. The number of hydrogen-bond acceptors (Lipinski definition) is 6. The zero-order valence-electron chi connectivity index (χ0n) is 14.7. The van der Waals surface area contributed by atoms with Gasteiger partial charge in [0.2, 0.25) is 5.91 Å². The molecule has 1 fully saturated rings. The van der Waals surface area contributed by atoms with E-state index >= 15 is 0 Å². The smallest absolute Gasteiger partial charge is 0.227 e. The van der Waals surface area contributed by atoms with Gasteiger partial charge in [0.05, 0.1) is 12.1 Å². The fourth-order valence-electron chi connectivity index (χ4n) is 3.80. The Kier molecular flexibility index (Phi) is 4.15. The molecule has 1 saturated heterocycles. The van der Waals surface area contributed by atoms with Crippen LogP contribution in [0.5, 0.6) is 0 Å². The average molecular weight is 341 g/mol. The lowest BCUT2D eigenvalue weighted by atomic mass is 10.1. The molecule has 1 amide bonds. The van der Waals surface area contributed by atoms with Gasteiger partial charge < -0.3 is 14.7 Å². The molecule has 2 aromatic heterocycles. The lowest BCUT2D eigenvalue weighted by Gasteiger charge is -2.18. The molecule has 7 heteroatoms. The summed E-state index contributed by atoms with van der Waals surface area (Å²) in [5.74, 6) is 1.82. The van der Waals surface area contributed by atoms with E-state index < -0.39 is 0 Å². The predicted molar refractivity (Wildman–Crippen MR) is 92.3 cm³/mol. The molecule has 1 N–H and O–H groups in total. The first-order valence-corrected chi connectivity index (χ1v) is 8.90. The summed E-state index contributed by atoms with van der Waals surface area (Å²) in [7, 11) is 0. The second-order valence-corrected chi connectivity index (χ2v) is 6.95. The Morgan fingerprint density at radius 2 is 2.24 bits per heavy atom. The van der Waals surface area contributed by atoms with Crippen molar-refractivity contribution >= 4 is 11.7 Å². The number of likely N-dealkylation sites (tertiary alicyclic amines) is 1. The molecule has 4 rings (SSSR count). The van der Waals surface area contributed by atoms with E-state index in [1.165, 1.54) is 11.3 Å². The molecule has 0 aromatic carbocycles. The van der Waals surface area contributed by atoms with E-state index in [1.54, 1.807) is 6.33 Å². The van der Waals surface area contributed by atoms with E-state index in [1.807, 2.05) is 18.7 Å². The molecule has 1 aliphatic heterocycles. The molecule has 0 bridgehead atoms. The van der Waals surface area contributed by atoms with E-state index in [0.717, 1.165) is 55.1 Å². The molecule has 0 saturated carbocycles. The maximum Gasteiger partial charge on any atom is 0.227 e. The molecule has 0 radical (unpaired) electrons. The summed E-state index contributed by atoms with van der Waals surface area (Å²) in [5, 5.41) is 7.46. The number of aryl methyl sites for hydroxylation is 3. The van der Waals surface area contributed by atoms with Crippen molar-refractivity contribution in [1.82, 2.24) is 20.0 Å². The molecule has 132 valence electrons. The first-order valence-electron chi connectivity index (χ1n) is 8.90. The van der Waals surface area contributed by atoms with Crippen LogP contribution in [0.1, 0.15) is 41.1 Å². The molecular weight excluding hydrogens is 318 g/mol. The average Bonchev–Trinajstić information content (AvgIpc) is 3.32. The van der Waals surface area contributed by atoms with Gasteiger partial charge in [0, 0.05) is 36.0 Å². The van der Waals surface area contributed by atoms with Crippen LogP contribution in [0.25, 0.3) is 0 Å². The summed E-state index contributed by atoms with van der Waals surface area (Å²) in [6.07, 6.45) is 6.17. The fourth-order valence-corrected chi connectivity index (χ4v) is 3.80. The van der Waals surface area contributed by atoms with Crippen molar-refractivity contribution in [3.63, 3.8) is 0 Å². The molecule has 1 atom stereocenters. The first-order chi connectivity index (χ1) is 12.1. The number of hydrogen-bond donors (Lipinski definition) is 1. The number of fused-ring (bicyclic) bond motifs is 1. The van der Waals surface area contributed by atoms with Gasteiger partial charge in [0.15, 0.2) is 0 Å². The number of anilines is 1. The zero-order valence-corrected chi connectivity index (χ0v) is 14.7.